The number of ether oxygens (including phenoxy) is 2. The minimum absolute atomic E-state index is 0.0397. The Bertz CT molecular complexity index is 1080. The molecule has 206 valence electrons. The van der Waals surface area contributed by atoms with Crippen molar-refractivity contribution in [2.75, 3.05) is 90.1 Å². The van der Waals surface area contributed by atoms with Gasteiger partial charge in [-0.1, -0.05) is 17.2 Å². The number of para-hydroxylation sites is 2. The van der Waals surface area contributed by atoms with E-state index in [-0.39, 0.29) is 17.1 Å². The number of nitrogen functional groups attached to an aromatic ring is 2. The maximum Gasteiger partial charge on any atom is 0.320 e. The third-order valence-electron chi connectivity index (χ3n) is 6.16. The van der Waals surface area contributed by atoms with Gasteiger partial charge in [-0.3, -0.25) is 19.9 Å². The number of hydrogen-bond donors (Lipinski definition) is 4. The number of azide groups is 1. The number of nitro groups is 1. The van der Waals surface area contributed by atoms with Gasteiger partial charge in [-0.2, -0.15) is 0 Å². The zero-order chi connectivity index (χ0) is 27.2. The van der Waals surface area contributed by atoms with E-state index in [2.05, 4.69) is 30.5 Å². The van der Waals surface area contributed by atoms with Gasteiger partial charge in [0.05, 0.1) is 16.3 Å². The van der Waals surface area contributed by atoms with Crippen LogP contribution in [0, 0.1) is 10.1 Å². The van der Waals surface area contributed by atoms with Crippen LogP contribution in [0.15, 0.2) is 41.5 Å². The summed E-state index contributed by atoms with van der Waals surface area (Å²) >= 11 is 0. The fourth-order valence-corrected chi connectivity index (χ4v) is 4.07. The molecule has 0 atom stereocenters. The summed E-state index contributed by atoms with van der Waals surface area (Å²) in [4.78, 5) is 17.7. The van der Waals surface area contributed by atoms with Gasteiger partial charge in [0.15, 0.2) is 5.75 Å². The molecule has 2 aliphatic rings. The number of hydrogen-bond acceptors (Lipinski definition) is 11. The van der Waals surface area contributed by atoms with Crippen molar-refractivity contribution in [3.05, 3.63) is 57.0 Å². The van der Waals surface area contributed by atoms with Gasteiger partial charge in [0.2, 0.25) is 0 Å². The molecule has 2 aliphatic heterocycles. The lowest BCUT2D eigenvalue weighted by atomic mass is 10.2. The molecule has 2 aromatic carbocycles. The lowest BCUT2D eigenvalue weighted by molar-refractivity contribution is -0.385. The lowest BCUT2D eigenvalue weighted by Gasteiger charge is -2.27. The molecule has 2 fully saturated rings. The van der Waals surface area contributed by atoms with E-state index in [4.69, 9.17) is 26.5 Å². The Morgan fingerprint density at radius 1 is 0.921 bits per heavy atom. The molecule has 0 bridgehead atoms. The van der Waals surface area contributed by atoms with Crippen molar-refractivity contribution in [1.29, 1.82) is 0 Å². The quantitative estimate of drug-likeness (QED) is 0.0884. The summed E-state index contributed by atoms with van der Waals surface area (Å²) in [5.41, 5.74) is 20.8. The molecular formula is C24H36N10O4. The van der Waals surface area contributed by atoms with E-state index in [0.717, 1.165) is 58.9 Å². The molecule has 0 aliphatic carbocycles. The van der Waals surface area contributed by atoms with E-state index < -0.39 is 4.92 Å². The van der Waals surface area contributed by atoms with Crippen LogP contribution in [0.1, 0.15) is 0 Å². The van der Waals surface area contributed by atoms with E-state index in [1.807, 2.05) is 12.1 Å². The summed E-state index contributed by atoms with van der Waals surface area (Å²) in [6.07, 6.45) is 0. The van der Waals surface area contributed by atoms with Gasteiger partial charge in [-0.25, -0.2) is 0 Å². The van der Waals surface area contributed by atoms with Gasteiger partial charge >= 0.3 is 5.69 Å². The third-order valence-corrected chi connectivity index (χ3v) is 6.16. The highest BCUT2D eigenvalue weighted by molar-refractivity contribution is 5.70. The maximum absolute atomic E-state index is 11.1. The number of nitrogens with two attached hydrogens (primary N) is 2. The van der Waals surface area contributed by atoms with Crippen LogP contribution < -0.4 is 31.6 Å². The standard InChI is InChI=1S/C12H16N6O3.C12H20N4O/c13-16-15-10-2-1-3-11(12(10)18(19)20)21-9-8-17-6-4-14-5-7-17;13-10-2-1-3-11(12(10)14)17-9-8-16-6-4-15-5-7-16/h1-3,14H,4-9H2;1-3,15H,4-9,13-14H2. The fourth-order valence-electron chi connectivity index (χ4n) is 4.07. The van der Waals surface area contributed by atoms with Gasteiger partial charge in [-0.05, 0) is 29.8 Å². The molecule has 0 amide bonds. The predicted octanol–water partition coefficient (Wildman–Crippen LogP) is 1.96. The SMILES string of the molecule is Nc1cccc(OCCN2CCNCC2)c1N.[N-]=[N+]=Nc1cccc(OCCN2CCNCC2)c1[N+](=O)[O-]. The molecule has 4 rings (SSSR count). The van der Waals surface area contributed by atoms with E-state index >= 15 is 0 Å². The monoisotopic (exact) mass is 528 g/mol. The summed E-state index contributed by atoms with van der Waals surface area (Å²) in [5.74, 6) is 0.806. The minimum Gasteiger partial charge on any atom is -0.490 e. The number of nitrogens with one attached hydrogen (secondary N) is 2. The average molecular weight is 529 g/mol. The number of nitro benzene ring substituents is 1. The molecule has 6 N–H and O–H groups in total. The Labute approximate surface area is 221 Å². The Balaban J connectivity index is 0.000000215. The molecule has 14 heteroatoms. The number of nitrogens with zero attached hydrogens (tertiary/aromatic N) is 6. The Kier molecular flexibility index (Phi) is 11.7. The van der Waals surface area contributed by atoms with Crippen LogP contribution >= 0.6 is 0 Å². The second-order valence-corrected chi connectivity index (χ2v) is 8.71. The Morgan fingerprint density at radius 2 is 1.45 bits per heavy atom. The highest BCUT2D eigenvalue weighted by atomic mass is 16.6. The fraction of sp³-hybridized carbons (Fsp3) is 0.500. The number of rotatable bonds is 10. The largest absolute Gasteiger partial charge is 0.490 e. The number of anilines is 2. The molecule has 0 radical (unpaired) electrons. The van der Waals surface area contributed by atoms with Crippen molar-refractivity contribution in [2.45, 2.75) is 0 Å². The molecule has 2 heterocycles. The lowest BCUT2D eigenvalue weighted by Crippen LogP contribution is -2.44. The van der Waals surface area contributed by atoms with E-state index in [1.54, 1.807) is 12.1 Å². The van der Waals surface area contributed by atoms with E-state index in [1.165, 1.54) is 12.1 Å². The number of benzene rings is 2. The zero-order valence-corrected chi connectivity index (χ0v) is 21.4. The first-order chi connectivity index (χ1) is 18.5. The first-order valence-corrected chi connectivity index (χ1v) is 12.6. The zero-order valence-electron chi connectivity index (χ0n) is 21.4. The van der Waals surface area contributed by atoms with Crippen LogP contribution in [0.2, 0.25) is 0 Å². The second kappa shape index (κ2) is 15.4. The van der Waals surface area contributed by atoms with E-state index in [9.17, 15) is 10.1 Å². The molecule has 2 saturated heterocycles. The number of piperazine rings is 2. The summed E-state index contributed by atoms with van der Waals surface area (Å²) in [6.45, 7) is 10.6. The van der Waals surface area contributed by atoms with Crippen molar-refractivity contribution in [1.82, 2.24) is 20.4 Å². The first-order valence-electron chi connectivity index (χ1n) is 12.6. The van der Waals surface area contributed by atoms with Crippen molar-refractivity contribution in [3.8, 4) is 11.5 Å². The normalized spacial score (nSPS) is 16.0. The van der Waals surface area contributed by atoms with Crippen molar-refractivity contribution in [2.24, 2.45) is 5.11 Å². The van der Waals surface area contributed by atoms with Crippen molar-refractivity contribution < 1.29 is 14.4 Å². The van der Waals surface area contributed by atoms with Crippen molar-refractivity contribution >= 4 is 22.7 Å². The molecule has 0 spiro atoms. The minimum atomic E-state index is -0.593. The smallest absolute Gasteiger partial charge is 0.320 e. The first kappa shape index (κ1) is 28.8. The summed E-state index contributed by atoms with van der Waals surface area (Å²) < 4.78 is 11.2. The molecule has 0 saturated carbocycles. The highest BCUT2D eigenvalue weighted by Crippen LogP contribution is 2.36. The maximum atomic E-state index is 11.1. The predicted molar refractivity (Wildman–Crippen MR) is 147 cm³/mol. The van der Waals surface area contributed by atoms with Crippen molar-refractivity contribution in [3.63, 3.8) is 0 Å². The van der Waals surface area contributed by atoms with Crippen LogP contribution in [0.4, 0.5) is 22.7 Å². The molecule has 2 aromatic rings. The Hall–Kier alpha value is -3.81. The molecule has 0 aromatic heterocycles. The second-order valence-electron chi connectivity index (χ2n) is 8.71. The molecule has 38 heavy (non-hydrogen) atoms. The van der Waals surface area contributed by atoms with Crippen LogP contribution in [0.25, 0.3) is 10.4 Å². The molecular weight excluding hydrogens is 492 g/mol. The molecule has 0 unspecified atom stereocenters. The Morgan fingerprint density at radius 3 is 2.00 bits per heavy atom. The highest BCUT2D eigenvalue weighted by Gasteiger charge is 2.20. The van der Waals surface area contributed by atoms with E-state index in [0.29, 0.717) is 36.9 Å². The van der Waals surface area contributed by atoms with Gasteiger partial charge in [-0.15, -0.1) is 0 Å². The van der Waals surface area contributed by atoms with Gasteiger partial charge in [0, 0.05) is 70.4 Å². The van der Waals surface area contributed by atoms with Crippen LogP contribution in [-0.4, -0.2) is 93.4 Å². The topological polar surface area (TPSA) is 193 Å². The molecule has 14 nitrogen and oxygen atoms in total. The third kappa shape index (κ3) is 8.94. The summed E-state index contributed by atoms with van der Waals surface area (Å²) in [7, 11) is 0. The van der Waals surface area contributed by atoms with Gasteiger partial charge < -0.3 is 31.6 Å². The average Bonchev–Trinajstić information content (AvgIpc) is 2.93. The van der Waals surface area contributed by atoms with Crippen LogP contribution in [0.3, 0.4) is 0 Å². The van der Waals surface area contributed by atoms with Crippen LogP contribution in [0.5, 0.6) is 11.5 Å². The van der Waals surface area contributed by atoms with Crippen LogP contribution in [-0.2, 0) is 0 Å². The summed E-state index contributed by atoms with van der Waals surface area (Å²) in [5, 5.41) is 21.0. The van der Waals surface area contributed by atoms with Gasteiger partial charge in [0.25, 0.3) is 0 Å². The summed E-state index contributed by atoms with van der Waals surface area (Å²) in [6, 6.07) is 9.94. The van der Waals surface area contributed by atoms with Gasteiger partial charge in [0.1, 0.15) is 24.7 Å².